The van der Waals surface area contributed by atoms with E-state index in [0.717, 1.165) is 5.56 Å². The largest absolute Gasteiger partial charge is 0.480 e. The summed E-state index contributed by atoms with van der Waals surface area (Å²) in [5, 5.41) is 18.9. The Bertz CT molecular complexity index is 407. The number of carboxylic acids is 1. The first-order valence-electron chi connectivity index (χ1n) is 6.31. The van der Waals surface area contributed by atoms with Crippen LogP contribution < -0.4 is 0 Å². The Labute approximate surface area is 107 Å². The first-order chi connectivity index (χ1) is 8.59. The number of likely N-dealkylation sites (tertiary alicyclic amines) is 1. The van der Waals surface area contributed by atoms with Gasteiger partial charge < -0.3 is 10.2 Å². The summed E-state index contributed by atoms with van der Waals surface area (Å²) >= 11 is 0. The van der Waals surface area contributed by atoms with Crippen molar-refractivity contribution in [3.8, 4) is 0 Å². The molecule has 1 aromatic carbocycles. The fourth-order valence-electron chi connectivity index (χ4n) is 2.59. The molecular formula is C14H19NO3. The zero-order valence-corrected chi connectivity index (χ0v) is 10.5. The van der Waals surface area contributed by atoms with Gasteiger partial charge >= 0.3 is 5.97 Å². The lowest BCUT2D eigenvalue weighted by molar-refractivity contribution is -0.148. The van der Waals surface area contributed by atoms with Gasteiger partial charge in [0.1, 0.15) is 6.04 Å². The normalized spacial score (nSPS) is 26.8. The van der Waals surface area contributed by atoms with Crippen LogP contribution in [0.4, 0.5) is 0 Å². The molecule has 0 aromatic heterocycles. The van der Waals surface area contributed by atoms with Crippen molar-refractivity contribution in [2.45, 2.75) is 38.0 Å². The van der Waals surface area contributed by atoms with E-state index in [1.54, 1.807) is 0 Å². The molecule has 4 heteroatoms. The molecule has 0 bridgehead atoms. The summed E-state index contributed by atoms with van der Waals surface area (Å²) in [4.78, 5) is 13.3. The molecule has 3 atom stereocenters. The standard InChI is InChI=1S/C14H19NO3/c1-10(11-5-3-2-4-6-11)15-8-7-12(16)9-13(15)14(17)18/h2-6,10,12-13,16H,7-9H2,1H3,(H,17,18)/t10-,12-,13+/m0/s1. The van der Waals surface area contributed by atoms with Crippen LogP contribution in [0.25, 0.3) is 0 Å². The molecule has 2 rings (SSSR count). The van der Waals surface area contributed by atoms with Gasteiger partial charge in [-0.15, -0.1) is 0 Å². The first kappa shape index (κ1) is 13.1. The van der Waals surface area contributed by atoms with Crippen molar-refractivity contribution in [1.82, 2.24) is 4.90 Å². The fourth-order valence-corrected chi connectivity index (χ4v) is 2.59. The molecule has 1 saturated heterocycles. The van der Waals surface area contributed by atoms with E-state index in [4.69, 9.17) is 0 Å². The molecule has 98 valence electrons. The molecule has 2 N–H and O–H groups in total. The molecule has 1 fully saturated rings. The van der Waals surface area contributed by atoms with Gasteiger partial charge in [0.2, 0.25) is 0 Å². The molecule has 0 radical (unpaired) electrons. The summed E-state index contributed by atoms with van der Waals surface area (Å²) in [5.41, 5.74) is 1.11. The second kappa shape index (κ2) is 5.50. The highest BCUT2D eigenvalue weighted by Crippen LogP contribution is 2.28. The van der Waals surface area contributed by atoms with E-state index < -0.39 is 18.1 Å². The van der Waals surface area contributed by atoms with Gasteiger partial charge in [-0.3, -0.25) is 9.69 Å². The van der Waals surface area contributed by atoms with Crippen LogP contribution in [-0.4, -0.2) is 39.8 Å². The average Bonchev–Trinajstić information content (AvgIpc) is 2.39. The third-order valence-corrected chi connectivity index (χ3v) is 3.68. The number of nitrogens with zero attached hydrogens (tertiary/aromatic N) is 1. The number of hydrogen-bond donors (Lipinski definition) is 2. The van der Waals surface area contributed by atoms with E-state index in [-0.39, 0.29) is 6.04 Å². The maximum absolute atomic E-state index is 11.3. The Balaban J connectivity index is 2.17. The summed E-state index contributed by atoms with van der Waals surface area (Å²) in [6, 6.07) is 9.35. The van der Waals surface area contributed by atoms with E-state index in [2.05, 4.69) is 0 Å². The van der Waals surface area contributed by atoms with Crippen molar-refractivity contribution in [3.63, 3.8) is 0 Å². The molecule has 0 amide bonds. The zero-order chi connectivity index (χ0) is 13.1. The maximum atomic E-state index is 11.3. The number of aliphatic carboxylic acids is 1. The third-order valence-electron chi connectivity index (χ3n) is 3.68. The lowest BCUT2D eigenvalue weighted by atomic mass is 9.95. The second-order valence-corrected chi connectivity index (χ2v) is 4.86. The number of hydrogen-bond acceptors (Lipinski definition) is 3. The number of aliphatic hydroxyl groups excluding tert-OH is 1. The second-order valence-electron chi connectivity index (χ2n) is 4.86. The molecule has 1 aliphatic heterocycles. The van der Waals surface area contributed by atoms with E-state index >= 15 is 0 Å². The molecular weight excluding hydrogens is 230 g/mol. The van der Waals surface area contributed by atoms with Gasteiger partial charge in [0.05, 0.1) is 6.10 Å². The van der Waals surface area contributed by atoms with Crippen LogP contribution in [-0.2, 0) is 4.79 Å². The number of benzene rings is 1. The van der Waals surface area contributed by atoms with Crippen molar-refractivity contribution < 1.29 is 15.0 Å². The third kappa shape index (κ3) is 2.71. The Morgan fingerprint density at radius 1 is 1.39 bits per heavy atom. The van der Waals surface area contributed by atoms with Crippen LogP contribution in [0.2, 0.25) is 0 Å². The lowest BCUT2D eigenvalue weighted by Gasteiger charge is -2.39. The number of rotatable bonds is 3. The SMILES string of the molecule is C[C@@H](c1ccccc1)N1CC[C@H](O)C[C@@H]1C(=O)O. The number of piperidine rings is 1. The summed E-state index contributed by atoms with van der Waals surface area (Å²) in [6.07, 6.45) is 0.457. The highest BCUT2D eigenvalue weighted by atomic mass is 16.4. The highest BCUT2D eigenvalue weighted by Gasteiger charge is 2.35. The molecule has 0 aliphatic carbocycles. The Hall–Kier alpha value is -1.39. The van der Waals surface area contributed by atoms with Crippen LogP contribution in [0.3, 0.4) is 0 Å². The van der Waals surface area contributed by atoms with Gasteiger partial charge in [0.25, 0.3) is 0 Å². The maximum Gasteiger partial charge on any atom is 0.321 e. The Kier molecular flexibility index (Phi) is 3.99. The minimum absolute atomic E-state index is 0.0554. The predicted molar refractivity (Wildman–Crippen MR) is 68.2 cm³/mol. The van der Waals surface area contributed by atoms with Crippen molar-refractivity contribution in [3.05, 3.63) is 35.9 Å². The lowest BCUT2D eigenvalue weighted by Crippen LogP contribution is -2.49. The van der Waals surface area contributed by atoms with E-state index in [0.29, 0.717) is 19.4 Å². The molecule has 1 aromatic rings. The van der Waals surface area contributed by atoms with E-state index in [1.807, 2.05) is 42.2 Å². The van der Waals surface area contributed by atoms with Crippen LogP contribution >= 0.6 is 0 Å². The van der Waals surface area contributed by atoms with Gasteiger partial charge in [0.15, 0.2) is 0 Å². The minimum atomic E-state index is -0.850. The van der Waals surface area contributed by atoms with Crippen LogP contribution in [0.15, 0.2) is 30.3 Å². The minimum Gasteiger partial charge on any atom is -0.480 e. The summed E-state index contributed by atoms with van der Waals surface area (Å²) in [6.45, 7) is 2.64. The summed E-state index contributed by atoms with van der Waals surface area (Å²) in [7, 11) is 0. The van der Waals surface area contributed by atoms with Crippen molar-refractivity contribution in [1.29, 1.82) is 0 Å². The zero-order valence-electron chi connectivity index (χ0n) is 10.5. The molecule has 1 heterocycles. The molecule has 0 unspecified atom stereocenters. The monoisotopic (exact) mass is 249 g/mol. The first-order valence-corrected chi connectivity index (χ1v) is 6.31. The van der Waals surface area contributed by atoms with Crippen LogP contribution in [0.5, 0.6) is 0 Å². The number of carboxylic acid groups (broad SMARTS) is 1. The number of carbonyl (C=O) groups is 1. The van der Waals surface area contributed by atoms with Crippen LogP contribution in [0, 0.1) is 0 Å². The molecule has 4 nitrogen and oxygen atoms in total. The topological polar surface area (TPSA) is 60.8 Å². The fraction of sp³-hybridized carbons (Fsp3) is 0.500. The smallest absolute Gasteiger partial charge is 0.321 e. The summed E-state index contributed by atoms with van der Waals surface area (Å²) in [5.74, 6) is -0.850. The van der Waals surface area contributed by atoms with Gasteiger partial charge in [0, 0.05) is 12.6 Å². The molecule has 18 heavy (non-hydrogen) atoms. The molecule has 0 spiro atoms. The Morgan fingerprint density at radius 3 is 2.67 bits per heavy atom. The van der Waals surface area contributed by atoms with Crippen molar-refractivity contribution >= 4 is 5.97 Å². The average molecular weight is 249 g/mol. The van der Waals surface area contributed by atoms with Gasteiger partial charge in [-0.25, -0.2) is 0 Å². The van der Waals surface area contributed by atoms with Crippen LogP contribution in [0.1, 0.15) is 31.4 Å². The summed E-state index contributed by atoms with van der Waals surface area (Å²) < 4.78 is 0. The van der Waals surface area contributed by atoms with Gasteiger partial charge in [-0.1, -0.05) is 30.3 Å². The molecule has 0 saturated carbocycles. The van der Waals surface area contributed by atoms with Crippen molar-refractivity contribution in [2.75, 3.05) is 6.54 Å². The highest BCUT2D eigenvalue weighted by molar-refractivity contribution is 5.73. The van der Waals surface area contributed by atoms with E-state index in [1.165, 1.54) is 0 Å². The van der Waals surface area contributed by atoms with Gasteiger partial charge in [-0.05, 0) is 25.3 Å². The van der Waals surface area contributed by atoms with E-state index in [9.17, 15) is 15.0 Å². The Morgan fingerprint density at radius 2 is 2.06 bits per heavy atom. The predicted octanol–water partition coefficient (Wildman–Crippen LogP) is 1.66. The van der Waals surface area contributed by atoms with Gasteiger partial charge in [-0.2, -0.15) is 0 Å². The molecule has 1 aliphatic rings. The quantitative estimate of drug-likeness (QED) is 0.855. The van der Waals surface area contributed by atoms with Crippen molar-refractivity contribution in [2.24, 2.45) is 0 Å². The number of aliphatic hydroxyl groups is 1.